The maximum absolute atomic E-state index is 11.8. The van der Waals surface area contributed by atoms with Crippen molar-refractivity contribution in [2.45, 2.75) is 32.9 Å². The van der Waals surface area contributed by atoms with Gasteiger partial charge >= 0.3 is 0 Å². The first-order chi connectivity index (χ1) is 9.02. The molecule has 1 aliphatic heterocycles. The lowest BCUT2D eigenvalue weighted by Crippen LogP contribution is -2.48. The van der Waals surface area contributed by atoms with Crippen molar-refractivity contribution >= 4 is 11.5 Å². The largest absolute Gasteiger partial charge is 0.375 e. The van der Waals surface area contributed by atoms with Gasteiger partial charge in [-0.2, -0.15) is 5.26 Å². The molecule has 0 bridgehead atoms. The highest BCUT2D eigenvalue weighted by molar-refractivity contribution is 6.00. The van der Waals surface area contributed by atoms with Crippen LogP contribution in [0.3, 0.4) is 0 Å². The summed E-state index contributed by atoms with van der Waals surface area (Å²) < 4.78 is 5.61. The number of benzene rings is 1. The third kappa shape index (κ3) is 2.77. The minimum Gasteiger partial charge on any atom is -0.375 e. The molecule has 4 heteroatoms. The molecule has 0 aromatic heterocycles. The molecule has 0 radical (unpaired) electrons. The molecule has 4 nitrogen and oxygen atoms in total. The van der Waals surface area contributed by atoms with Crippen LogP contribution in [0, 0.1) is 11.3 Å². The fourth-order valence-electron chi connectivity index (χ4n) is 2.38. The van der Waals surface area contributed by atoms with E-state index in [1.165, 1.54) is 0 Å². The zero-order valence-electron chi connectivity index (χ0n) is 11.5. The quantitative estimate of drug-likeness (QED) is 0.764. The van der Waals surface area contributed by atoms with Gasteiger partial charge in [-0.1, -0.05) is 0 Å². The van der Waals surface area contributed by atoms with Crippen LogP contribution in [0.25, 0.3) is 0 Å². The summed E-state index contributed by atoms with van der Waals surface area (Å²) in [5.74, 6) is 0.0193. The molecule has 1 aromatic rings. The number of morpholine rings is 1. The van der Waals surface area contributed by atoms with Gasteiger partial charge in [0.2, 0.25) is 0 Å². The second-order valence-electron chi connectivity index (χ2n) is 5.05. The molecule has 1 fully saturated rings. The number of hydrogen-bond acceptors (Lipinski definition) is 4. The smallest absolute Gasteiger partial charge is 0.161 e. The summed E-state index contributed by atoms with van der Waals surface area (Å²) >= 11 is 0. The highest BCUT2D eigenvalue weighted by atomic mass is 16.5. The van der Waals surface area contributed by atoms with Gasteiger partial charge < -0.3 is 9.64 Å². The molecule has 0 amide bonds. The Morgan fingerprint density at radius 3 is 2.84 bits per heavy atom. The topological polar surface area (TPSA) is 53.3 Å². The Balaban J connectivity index is 2.46. The van der Waals surface area contributed by atoms with Crippen LogP contribution in [-0.2, 0) is 4.74 Å². The van der Waals surface area contributed by atoms with E-state index in [9.17, 15) is 4.79 Å². The van der Waals surface area contributed by atoms with E-state index in [1.807, 2.05) is 6.92 Å². The molecule has 0 N–H and O–H groups in total. The Hall–Kier alpha value is -1.86. The predicted molar refractivity (Wildman–Crippen MR) is 73.4 cm³/mol. The van der Waals surface area contributed by atoms with Crippen LogP contribution in [0.5, 0.6) is 0 Å². The number of ketones is 1. The van der Waals surface area contributed by atoms with Crippen LogP contribution >= 0.6 is 0 Å². The Kier molecular flexibility index (Phi) is 3.87. The number of nitriles is 1. The molecule has 0 spiro atoms. The first-order valence-electron chi connectivity index (χ1n) is 6.46. The molecule has 1 saturated heterocycles. The lowest BCUT2D eigenvalue weighted by atomic mass is 10.0. The summed E-state index contributed by atoms with van der Waals surface area (Å²) in [6.45, 7) is 7.00. The van der Waals surface area contributed by atoms with E-state index in [1.54, 1.807) is 25.1 Å². The number of hydrogen-bond donors (Lipinski definition) is 0. The van der Waals surface area contributed by atoms with Crippen molar-refractivity contribution in [3.05, 3.63) is 29.3 Å². The van der Waals surface area contributed by atoms with E-state index in [-0.39, 0.29) is 17.9 Å². The third-order valence-electron chi connectivity index (χ3n) is 3.42. The van der Waals surface area contributed by atoms with Gasteiger partial charge in [-0.25, -0.2) is 0 Å². The first kappa shape index (κ1) is 13.6. The van der Waals surface area contributed by atoms with Gasteiger partial charge in [0.25, 0.3) is 0 Å². The Bertz CT molecular complexity index is 533. The van der Waals surface area contributed by atoms with Crippen molar-refractivity contribution in [3.8, 4) is 6.07 Å². The number of ether oxygens (including phenoxy) is 1. The maximum atomic E-state index is 11.8. The summed E-state index contributed by atoms with van der Waals surface area (Å²) in [5.41, 5.74) is 2.08. The molecular weight excluding hydrogens is 240 g/mol. The van der Waals surface area contributed by atoms with Gasteiger partial charge in [-0.3, -0.25) is 4.79 Å². The Morgan fingerprint density at radius 1 is 1.47 bits per heavy atom. The molecule has 100 valence electrons. The monoisotopic (exact) mass is 258 g/mol. The van der Waals surface area contributed by atoms with E-state index in [0.717, 1.165) is 12.2 Å². The predicted octanol–water partition coefficient (Wildman–Crippen LogP) is 2.37. The highest BCUT2D eigenvalue weighted by Gasteiger charge is 2.26. The van der Waals surface area contributed by atoms with Crippen LogP contribution in [0.4, 0.5) is 5.69 Å². The fourth-order valence-corrected chi connectivity index (χ4v) is 2.38. The summed E-state index contributed by atoms with van der Waals surface area (Å²) in [7, 11) is 0. The standard InChI is InChI=1S/C15H18N2O2/c1-10-9-19-11(2)8-17(10)15-6-13(7-16)4-5-14(15)12(3)18/h4-6,10-11H,8-9H2,1-3H3. The second-order valence-corrected chi connectivity index (χ2v) is 5.05. The van der Waals surface area contributed by atoms with Gasteiger partial charge in [-0.05, 0) is 39.0 Å². The summed E-state index contributed by atoms with van der Waals surface area (Å²) in [4.78, 5) is 13.9. The normalized spacial score (nSPS) is 22.9. The minimum absolute atomic E-state index is 0.0193. The fraction of sp³-hybridized carbons (Fsp3) is 0.467. The molecule has 0 aliphatic carbocycles. The molecule has 19 heavy (non-hydrogen) atoms. The first-order valence-corrected chi connectivity index (χ1v) is 6.46. The van der Waals surface area contributed by atoms with Gasteiger partial charge in [-0.15, -0.1) is 0 Å². The molecule has 1 aromatic carbocycles. The van der Waals surface area contributed by atoms with Gasteiger partial charge in [0.15, 0.2) is 5.78 Å². The molecule has 2 rings (SSSR count). The van der Waals surface area contributed by atoms with Crippen molar-refractivity contribution in [3.63, 3.8) is 0 Å². The molecule has 0 saturated carbocycles. The van der Waals surface area contributed by atoms with Crippen LogP contribution in [0.2, 0.25) is 0 Å². The van der Waals surface area contributed by atoms with Crippen molar-refractivity contribution in [1.29, 1.82) is 5.26 Å². The zero-order valence-corrected chi connectivity index (χ0v) is 11.5. The van der Waals surface area contributed by atoms with Crippen molar-refractivity contribution < 1.29 is 9.53 Å². The van der Waals surface area contributed by atoms with Crippen LogP contribution in [0.15, 0.2) is 18.2 Å². The molecule has 1 heterocycles. The van der Waals surface area contributed by atoms with Crippen LogP contribution in [-0.4, -0.2) is 31.1 Å². The minimum atomic E-state index is 0.0193. The number of rotatable bonds is 2. The van der Waals surface area contributed by atoms with E-state index < -0.39 is 0 Å². The van der Waals surface area contributed by atoms with Crippen LogP contribution < -0.4 is 4.90 Å². The number of carbonyl (C=O) groups is 1. The number of Topliss-reactive ketones (excluding diaryl/α,β-unsaturated/α-hetero) is 1. The SMILES string of the molecule is CC(=O)c1ccc(C#N)cc1N1CC(C)OCC1C. The van der Waals surface area contributed by atoms with E-state index in [0.29, 0.717) is 17.7 Å². The van der Waals surface area contributed by atoms with Crippen LogP contribution in [0.1, 0.15) is 36.7 Å². The molecular formula is C15H18N2O2. The molecule has 1 aliphatic rings. The van der Waals surface area contributed by atoms with E-state index in [2.05, 4.69) is 17.9 Å². The number of anilines is 1. The second kappa shape index (κ2) is 5.41. The summed E-state index contributed by atoms with van der Waals surface area (Å²) in [6, 6.07) is 7.55. The van der Waals surface area contributed by atoms with Gasteiger partial charge in [0, 0.05) is 23.8 Å². The number of nitrogens with zero attached hydrogens (tertiary/aromatic N) is 2. The maximum Gasteiger partial charge on any atom is 0.161 e. The molecule has 2 atom stereocenters. The Morgan fingerprint density at radius 2 is 2.21 bits per heavy atom. The zero-order chi connectivity index (χ0) is 14.0. The average molecular weight is 258 g/mol. The van der Waals surface area contributed by atoms with Crippen molar-refractivity contribution in [1.82, 2.24) is 0 Å². The summed E-state index contributed by atoms with van der Waals surface area (Å²) in [5, 5.41) is 9.03. The summed E-state index contributed by atoms with van der Waals surface area (Å²) in [6.07, 6.45) is 0.127. The van der Waals surface area contributed by atoms with Crippen molar-refractivity contribution in [2.75, 3.05) is 18.1 Å². The molecule has 2 unspecified atom stereocenters. The van der Waals surface area contributed by atoms with E-state index >= 15 is 0 Å². The average Bonchev–Trinajstić information content (AvgIpc) is 2.40. The van der Waals surface area contributed by atoms with Gasteiger partial charge in [0.05, 0.1) is 24.3 Å². The van der Waals surface area contributed by atoms with Gasteiger partial charge in [0.1, 0.15) is 0 Å². The lowest BCUT2D eigenvalue weighted by molar-refractivity contribution is 0.0343. The Labute approximate surface area is 113 Å². The lowest BCUT2D eigenvalue weighted by Gasteiger charge is -2.39. The van der Waals surface area contributed by atoms with E-state index in [4.69, 9.17) is 10.00 Å². The number of carbonyl (C=O) groups excluding carboxylic acids is 1. The highest BCUT2D eigenvalue weighted by Crippen LogP contribution is 2.27. The third-order valence-corrected chi connectivity index (χ3v) is 3.42. The van der Waals surface area contributed by atoms with Crippen molar-refractivity contribution in [2.24, 2.45) is 0 Å².